The van der Waals surface area contributed by atoms with E-state index in [1.807, 2.05) is 0 Å². The zero-order valence-electron chi connectivity index (χ0n) is 21.5. The van der Waals surface area contributed by atoms with Gasteiger partial charge in [0.1, 0.15) is 5.60 Å². The van der Waals surface area contributed by atoms with E-state index in [-0.39, 0.29) is 12.2 Å². The van der Waals surface area contributed by atoms with Crippen molar-refractivity contribution in [2.45, 2.75) is 82.8 Å². The number of esters is 2. The van der Waals surface area contributed by atoms with Crippen LogP contribution in [0.5, 0.6) is 0 Å². The lowest BCUT2D eigenvalue weighted by Gasteiger charge is -2.63. The maximum absolute atomic E-state index is 17.3. The van der Waals surface area contributed by atoms with Crippen LogP contribution in [0.15, 0.2) is 23.8 Å². The van der Waals surface area contributed by atoms with Crippen LogP contribution in [0.1, 0.15) is 59.3 Å². The Hall–Kier alpha value is -2.59. The second kappa shape index (κ2) is 9.01. The number of hydrogen-bond acceptors (Lipinski definition) is 8. The summed E-state index contributed by atoms with van der Waals surface area (Å²) in [5.74, 6) is -5.30. The van der Waals surface area contributed by atoms with E-state index in [1.54, 1.807) is 20.8 Å². The molecule has 10 heteroatoms. The number of allylic oxidation sites excluding steroid dienone is 4. The van der Waals surface area contributed by atoms with Crippen LogP contribution in [0.3, 0.4) is 0 Å². The van der Waals surface area contributed by atoms with Gasteiger partial charge in [0.15, 0.2) is 11.5 Å². The predicted octanol–water partition coefficient (Wildman–Crippen LogP) is 2.28. The number of carbonyl (C=O) groups excluding carboxylic acids is 3. The lowest BCUT2D eigenvalue weighted by molar-refractivity contribution is -0.246. The summed E-state index contributed by atoms with van der Waals surface area (Å²) >= 11 is 0. The third-order valence-electron chi connectivity index (χ3n) is 9.91. The number of carboxylic acids is 1. The standard InChI is InChI=1S/C27H35FO9/c1-14-11-18-17-6-5-15-12-16(29)9-10-24(15,2)26(17,28)19(30)13-25(18,3)27(14,35)22(23(34)36-4)37-21(33)8-7-20(31)32/h9-10,12,14,17-19,22,30,35H,5-8,11,13H2,1-4H3,(H,31,32)/t14-,17+,18+,19+,22+,24+,25+,26+,27+/m1/s1. The molecule has 3 fully saturated rings. The number of aliphatic carboxylic acids is 1. The highest BCUT2D eigenvalue weighted by atomic mass is 19.1. The number of carbonyl (C=O) groups is 4. The number of ketones is 1. The number of alkyl halides is 1. The minimum atomic E-state index is -2.12. The van der Waals surface area contributed by atoms with Gasteiger partial charge in [-0.1, -0.05) is 25.5 Å². The number of halogens is 1. The maximum Gasteiger partial charge on any atom is 0.350 e. The Balaban J connectivity index is 1.75. The van der Waals surface area contributed by atoms with Gasteiger partial charge >= 0.3 is 17.9 Å². The van der Waals surface area contributed by atoms with E-state index in [1.165, 1.54) is 18.2 Å². The van der Waals surface area contributed by atoms with Gasteiger partial charge in [-0.15, -0.1) is 0 Å². The van der Waals surface area contributed by atoms with Gasteiger partial charge in [0, 0.05) is 16.7 Å². The minimum absolute atomic E-state index is 0.223. The van der Waals surface area contributed by atoms with Gasteiger partial charge in [-0.05, 0) is 56.6 Å². The molecule has 4 rings (SSSR count). The summed E-state index contributed by atoms with van der Waals surface area (Å²) in [6.45, 7) is 5.05. The fourth-order valence-electron chi connectivity index (χ4n) is 7.96. The molecule has 3 N–H and O–H groups in total. The Morgan fingerprint density at radius 3 is 2.51 bits per heavy atom. The van der Waals surface area contributed by atoms with Crippen molar-refractivity contribution >= 4 is 23.7 Å². The van der Waals surface area contributed by atoms with Crippen molar-refractivity contribution in [3.63, 3.8) is 0 Å². The highest BCUT2D eigenvalue weighted by Crippen LogP contribution is 2.71. The van der Waals surface area contributed by atoms with Crippen LogP contribution in [0.2, 0.25) is 0 Å². The van der Waals surface area contributed by atoms with Gasteiger partial charge in [-0.25, -0.2) is 9.18 Å². The minimum Gasteiger partial charge on any atom is -0.481 e. The molecule has 0 aliphatic heterocycles. The van der Waals surface area contributed by atoms with Gasteiger partial charge < -0.3 is 24.8 Å². The van der Waals surface area contributed by atoms with Crippen LogP contribution >= 0.6 is 0 Å². The summed E-state index contributed by atoms with van der Waals surface area (Å²) in [5.41, 5.74) is -5.96. The summed E-state index contributed by atoms with van der Waals surface area (Å²) in [5, 5.41) is 32.6. The summed E-state index contributed by atoms with van der Waals surface area (Å²) in [6.07, 6.45) is 0.786. The van der Waals surface area contributed by atoms with E-state index in [0.717, 1.165) is 7.11 Å². The molecular formula is C27H35FO9. The molecule has 0 saturated heterocycles. The first-order valence-electron chi connectivity index (χ1n) is 12.7. The van der Waals surface area contributed by atoms with Crippen molar-refractivity contribution < 1.29 is 48.4 Å². The molecule has 0 aromatic heterocycles. The van der Waals surface area contributed by atoms with Crippen molar-refractivity contribution in [3.8, 4) is 0 Å². The Kier molecular flexibility index (Phi) is 6.68. The van der Waals surface area contributed by atoms with Crippen molar-refractivity contribution in [3.05, 3.63) is 23.8 Å². The molecule has 0 heterocycles. The molecule has 4 aliphatic carbocycles. The zero-order chi connectivity index (χ0) is 27.6. The zero-order valence-corrected chi connectivity index (χ0v) is 21.5. The highest BCUT2D eigenvalue weighted by molar-refractivity contribution is 6.01. The van der Waals surface area contributed by atoms with Crippen molar-refractivity contribution in [1.82, 2.24) is 0 Å². The number of methoxy groups -OCH3 is 1. The van der Waals surface area contributed by atoms with E-state index < -0.39 is 82.8 Å². The average molecular weight is 523 g/mol. The van der Waals surface area contributed by atoms with Gasteiger partial charge in [0.05, 0.1) is 26.1 Å². The molecule has 4 aliphatic rings. The van der Waals surface area contributed by atoms with Crippen molar-refractivity contribution in [2.24, 2.45) is 28.6 Å². The number of aliphatic hydroxyl groups is 2. The van der Waals surface area contributed by atoms with E-state index in [0.29, 0.717) is 24.8 Å². The van der Waals surface area contributed by atoms with Crippen molar-refractivity contribution in [2.75, 3.05) is 7.11 Å². The third-order valence-corrected chi connectivity index (χ3v) is 9.91. The number of hydrogen-bond donors (Lipinski definition) is 3. The SMILES string of the molecule is COC(=O)[C@H](OC(=O)CCC(=O)O)[C@@]1(O)[C@H](C)C[C@H]2[C@@H]3CCC4=CC(=O)C=C[C@]4(C)[C@@]3(F)[C@@H](O)C[C@@]21C. The van der Waals surface area contributed by atoms with Crippen LogP contribution in [-0.4, -0.2) is 69.6 Å². The summed E-state index contributed by atoms with van der Waals surface area (Å²) in [4.78, 5) is 48.2. The second-order valence-electron chi connectivity index (χ2n) is 11.5. The molecule has 0 amide bonds. The molecule has 9 atom stereocenters. The smallest absolute Gasteiger partial charge is 0.350 e. The number of carboxylic acid groups (broad SMARTS) is 1. The first-order valence-corrected chi connectivity index (χ1v) is 12.7. The molecule has 0 bridgehead atoms. The largest absolute Gasteiger partial charge is 0.481 e. The molecule has 9 nitrogen and oxygen atoms in total. The average Bonchev–Trinajstić information content (AvgIpc) is 3.03. The van der Waals surface area contributed by atoms with Crippen molar-refractivity contribution in [1.29, 1.82) is 0 Å². The summed E-state index contributed by atoms with van der Waals surface area (Å²) in [6, 6.07) is 0. The molecule has 0 unspecified atom stereocenters. The van der Waals surface area contributed by atoms with E-state index in [9.17, 15) is 29.4 Å². The Morgan fingerprint density at radius 2 is 1.89 bits per heavy atom. The van der Waals surface area contributed by atoms with Gasteiger partial charge in [0.2, 0.25) is 6.10 Å². The number of fused-ring (bicyclic) bond motifs is 5. The third kappa shape index (κ3) is 3.70. The summed E-state index contributed by atoms with van der Waals surface area (Å²) in [7, 11) is 1.08. The summed E-state index contributed by atoms with van der Waals surface area (Å²) < 4.78 is 27.5. The van der Waals surface area contributed by atoms with E-state index in [4.69, 9.17) is 14.6 Å². The lowest BCUT2D eigenvalue weighted by atomic mass is 9.44. The second-order valence-corrected chi connectivity index (χ2v) is 11.5. The van der Waals surface area contributed by atoms with Gasteiger partial charge in [-0.3, -0.25) is 14.4 Å². The molecule has 0 aromatic carbocycles. The molecule has 0 radical (unpaired) electrons. The monoisotopic (exact) mass is 522 g/mol. The first-order chi connectivity index (χ1) is 17.2. The van der Waals surface area contributed by atoms with Crippen LogP contribution in [0.4, 0.5) is 4.39 Å². The quantitative estimate of drug-likeness (QED) is 0.447. The fraction of sp³-hybridized carbons (Fsp3) is 0.704. The first kappa shape index (κ1) is 27.4. The molecular weight excluding hydrogens is 487 g/mol. The highest BCUT2D eigenvalue weighted by Gasteiger charge is 2.76. The van der Waals surface area contributed by atoms with Crippen LogP contribution in [-0.2, 0) is 28.7 Å². The van der Waals surface area contributed by atoms with Gasteiger partial charge in [0.25, 0.3) is 0 Å². The molecule has 0 spiro atoms. The molecule has 37 heavy (non-hydrogen) atoms. The Labute approximate surface area is 214 Å². The van der Waals surface area contributed by atoms with E-state index in [2.05, 4.69) is 0 Å². The Bertz CT molecular complexity index is 1080. The van der Waals surface area contributed by atoms with Crippen LogP contribution < -0.4 is 0 Å². The Morgan fingerprint density at radius 1 is 1.22 bits per heavy atom. The number of ether oxygens (including phenoxy) is 2. The van der Waals surface area contributed by atoms with Crippen LogP contribution in [0, 0.1) is 28.6 Å². The lowest BCUT2D eigenvalue weighted by Crippen LogP contribution is -2.70. The maximum atomic E-state index is 17.3. The normalized spacial score (nSPS) is 43.1. The van der Waals surface area contributed by atoms with Crippen LogP contribution in [0.25, 0.3) is 0 Å². The molecule has 0 aromatic rings. The topological polar surface area (TPSA) is 147 Å². The van der Waals surface area contributed by atoms with E-state index >= 15 is 4.39 Å². The number of aliphatic hydroxyl groups excluding tert-OH is 1. The molecule has 204 valence electrons. The molecule has 3 saturated carbocycles. The predicted molar refractivity (Wildman–Crippen MR) is 127 cm³/mol. The fourth-order valence-corrected chi connectivity index (χ4v) is 7.96. The van der Waals surface area contributed by atoms with Gasteiger partial charge in [-0.2, -0.15) is 0 Å². The number of rotatable bonds is 6.